The molecule has 3 heteroatoms. The summed E-state index contributed by atoms with van der Waals surface area (Å²) >= 11 is 3.41. The van der Waals surface area contributed by atoms with Gasteiger partial charge < -0.3 is 9.47 Å². The highest BCUT2D eigenvalue weighted by molar-refractivity contribution is 9.09. The van der Waals surface area contributed by atoms with Crippen molar-refractivity contribution in [1.29, 1.82) is 0 Å². The van der Waals surface area contributed by atoms with E-state index in [-0.39, 0.29) is 6.10 Å². The Morgan fingerprint density at radius 2 is 1.81 bits per heavy atom. The number of alkyl halides is 1. The minimum absolute atomic E-state index is 0.105. The number of halogens is 1. The third-order valence-electron chi connectivity index (χ3n) is 2.70. The minimum Gasteiger partial charge on any atom is -0.486 e. The first-order valence-electron chi connectivity index (χ1n) is 5.25. The maximum atomic E-state index is 5.82. The number of hydrogen-bond donors (Lipinski definition) is 0. The molecule has 2 aromatic carbocycles. The second kappa shape index (κ2) is 3.98. The Bertz CT molecular complexity index is 524. The van der Waals surface area contributed by atoms with Crippen molar-refractivity contribution in [1.82, 2.24) is 0 Å². The lowest BCUT2D eigenvalue weighted by molar-refractivity contribution is 0.108. The second-order valence-electron chi connectivity index (χ2n) is 3.85. The maximum Gasteiger partial charge on any atom is 0.162 e. The molecule has 0 bridgehead atoms. The third-order valence-corrected chi connectivity index (χ3v) is 3.42. The SMILES string of the molecule is BrC[C@H]1COc2cc3ccccc3cc2O1. The van der Waals surface area contributed by atoms with E-state index in [0.29, 0.717) is 6.61 Å². The molecule has 0 unspecified atom stereocenters. The van der Waals surface area contributed by atoms with Crippen LogP contribution in [0.4, 0.5) is 0 Å². The van der Waals surface area contributed by atoms with Crippen LogP contribution in [0.15, 0.2) is 36.4 Å². The summed E-state index contributed by atoms with van der Waals surface area (Å²) < 4.78 is 11.5. The fraction of sp³-hybridized carbons (Fsp3) is 0.231. The molecule has 0 radical (unpaired) electrons. The van der Waals surface area contributed by atoms with Crippen molar-refractivity contribution in [2.45, 2.75) is 6.10 Å². The van der Waals surface area contributed by atoms with Gasteiger partial charge in [0.25, 0.3) is 0 Å². The highest BCUT2D eigenvalue weighted by Gasteiger charge is 2.20. The van der Waals surface area contributed by atoms with Gasteiger partial charge in [-0.05, 0) is 22.9 Å². The zero-order valence-corrected chi connectivity index (χ0v) is 10.2. The predicted octanol–water partition coefficient (Wildman–Crippen LogP) is 3.37. The zero-order chi connectivity index (χ0) is 11.0. The van der Waals surface area contributed by atoms with Crippen LogP contribution in [0.3, 0.4) is 0 Å². The maximum absolute atomic E-state index is 5.82. The molecule has 0 spiro atoms. The molecule has 2 nitrogen and oxygen atoms in total. The lowest BCUT2D eigenvalue weighted by atomic mass is 10.1. The van der Waals surface area contributed by atoms with Gasteiger partial charge in [0.15, 0.2) is 11.5 Å². The van der Waals surface area contributed by atoms with Gasteiger partial charge in [0.2, 0.25) is 0 Å². The van der Waals surface area contributed by atoms with E-state index < -0.39 is 0 Å². The van der Waals surface area contributed by atoms with Crippen molar-refractivity contribution in [3.63, 3.8) is 0 Å². The van der Waals surface area contributed by atoms with E-state index in [2.05, 4.69) is 28.1 Å². The van der Waals surface area contributed by atoms with E-state index in [4.69, 9.17) is 9.47 Å². The normalized spacial score (nSPS) is 18.7. The van der Waals surface area contributed by atoms with Gasteiger partial charge in [-0.25, -0.2) is 0 Å². The van der Waals surface area contributed by atoms with E-state index >= 15 is 0 Å². The van der Waals surface area contributed by atoms with Crippen LogP contribution in [0.1, 0.15) is 0 Å². The van der Waals surface area contributed by atoms with E-state index in [1.54, 1.807) is 0 Å². The highest BCUT2D eigenvalue weighted by atomic mass is 79.9. The number of ether oxygens (including phenoxy) is 2. The smallest absolute Gasteiger partial charge is 0.162 e. The van der Waals surface area contributed by atoms with Gasteiger partial charge in [0, 0.05) is 5.33 Å². The average Bonchev–Trinajstić information content (AvgIpc) is 2.35. The monoisotopic (exact) mass is 278 g/mol. The van der Waals surface area contributed by atoms with Gasteiger partial charge in [-0.15, -0.1) is 0 Å². The molecule has 1 heterocycles. The molecule has 1 aliphatic heterocycles. The van der Waals surface area contributed by atoms with Crippen LogP contribution in [0.5, 0.6) is 11.5 Å². The van der Waals surface area contributed by atoms with E-state index in [9.17, 15) is 0 Å². The van der Waals surface area contributed by atoms with Crippen LogP contribution in [0.2, 0.25) is 0 Å². The van der Waals surface area contributed by atoms with E-state index in [0.717, 1.165) is 16.8 Å². The van der Waals surface area contributed by atoms with Crippen molar-refractivity contribution in [2.24, 2.45) is 0 Å². The number of rotatable bonds is 1. The molecule has 1 atom stereocenters. The van der Waals surface area contributed by atoms with Gasteiger partial charge >= 0.3 is 0 Å². The Balaban J connectivity index is 2.10. The summed E-state index contributed by atoms with van der Waals surface area (Å²) in [6.45, 7) is 0.608. The first-order valence-corrected chi connectivity index (χ1v) is 6.37. The van der Waals surface area contributed by atoms with Gasteiger partial charge in [0.1, 0.15) is 12.7 Å². The number of hydrogen-bond acceptors (Lipinski definition) is 2. The molecule has 2 aromatic rings. The molecule has 0 fully saturated rings. The molecule has 3 rings (SSSR count). The number of benzene rings is 2. The summed E-state index contributed by atoms with van der Waals surface area (Å²) in [6.07, 6.45) is 0.105. The first-order chi connectivity index (χ1) is 7.86. The fourth-order valence-electron chi connectivity index (χ4n) is 1.88. The molecule has 16 heavy (non-hydrogen) atoms. The van der Waals surface area contributed by atoms with Crippen LogP contribution in [-0.4, -0.2) is 18.0 Å². The molecule has 0 aromatic heterocycles. The molecular weight excluding hydrogens is 268 g/mol. The van der Waals surface area contributed by atoms with Gasteiger partial charge in [0.05, 0.1) is 0 Å². The Morgan fingerprint density at radius 1 is 1.12 bits per heavy atom. The minimum atomic E-state index is 0.105. The molecule has 1 aliphatic rings. The van der Waals surface area contributed by atoms with Gasteiger partial charge in [-0.3, -0.25) is 0 Å². The van der Waals surface area contributed by atoms with Crippen molar-refractivity contribution >= 4 is 26.7 Å². The summed E-state index contributed by atoms with van der Waals surface area (Å²) in [7, 11) is 0. The standard InChI is InChI=1S/C13H11BrO2/c14-7-11-8-15-12-5-9-3-1-2-4-10(9)6-13(12)16-11/h1-6,11H,7-8H2/t11-/m0/s1. The van der Waals surface area contributed by atoms with Crippen LogP contribution in [0.25, 0.3) is 10.8 Å². The molecule has 0 N–H and O–H groups in total. The first kappa shape index (κ1) is 9.97. The average molecular weight is 279 g/mol. The summed E-state index contributed by atoms with van der Waals surface area (Å²) in [5.74, 6) is 1.69. The Labute approximate surface area is 102 Å². The van der Waals surface area contributed by atoms with Gasteiger partial charge in [-0.2, -0.15) is 0 Å². The largest absolute Gasteiger partial charge is 0.486 e. The van der Waals surface area contributed by atoms with Crippen LogP contribution in [-0.2, 0) is 0 Å². The quantitative estimate of drug-likeness (QED) is 0.745. The van der Waals surface area contributed by atoms with Crippen molar-refractivity contribution in [3.8, 4) is 11.5 Å². The van der Waals surface area contributed by atoms with Crippen LogP contribution < -0.4 is 9.47 Å². The van der Waals surface area contributed by atoms with Crippen LogP contribution >= 0.6 is 15.9 Å². The van der Waals surface area contributed by atoms with Crippen molar-refractivity contribution < 1.29 is 9.47 Å². The predicted molar refractivity (Wildman–Crippen MR) is 67.7 cm³/mol. The lowest BCUT2D eigenvalue weighted by Crippen LogP contribution is -2.30. The summed E-state index contributed by atoms with van der Waals surface area (Å²) in [5.41, 5.74) is 0. The highest BCUT2D eigenvalue weighted by Crippen LogP contribution is 2.35. The van der Waals surface area contributed by atoms with Crippen molar-refractivity contribution in [3.05, 3.63) is 36.4 Å². The van der Waals surface area contributed by atoms with Gasteiger partial charge in [-0.1, -0.05) is 40.2 Å². The molecule has 0 aliphatic carbocycles. The van der Waals surface area contributed by atoms with Crippen LogP contribution in [0, 0.1) is 0 Å². The second-order valence-corrected chi connectivity index (χ2v) is 4.50. The topological polar surface area (TPSA) is 18.5 Å². The molecule has 0 amide bonds. The fourth-order valence-corrected chi connectivity index (χ4v) is 2.19. The number of fused-ring (bicyclic) bond motifs is 2. The Hall–Kier alpha value is -1.22. The molecule has 0 saturated carbocycles. The molecule has 82 valence electrons. The third kappa shape index (κ3) is 1.65. The van der Waals surface area contributed by atoms with E-state index in [1.807, 2.05) is 24.3 Å². The van der Waals surface area contributed by atoms with E-state index in [1.165, 1.54) is 10.8 Å². The summed E-state index contributed by atoms with van der Waals surface area (Å²) in [4.78, 5) is 0. The molecule has 0 saturated heterocycles. The Kier molecular flexibility index (Phi) is 2.48. The summed E-state index contributed by atoms with van der Waals surface area (Å²) in [6, 6.07) is 12.3. The zero-order valence-electron chi connectivity index (χ0n) is 8.65. The lowest BCUT2D eigenvalue weighted by Gasteiger charge is -2.25. The summed E-state index contributed by atoms with van der Waals surface area (Å²) in [5, 5.41) is 3.15. The van der Waals surface area contributed by atoms with Crippen molar-refractivity contribution in [2.75, 3.05) is 11.9 Å². The molecular formula is C13H11BrO2. The Morgan fingerprint density at radius 3 is 2.50 bits per heavy atom.